The van der Waals surface area contributed by atoms with Gasteiger partial charge in [-0.25, -0.2) is 9.97 Å². The van der Waals surface area contributed by atoms with Gasteiger partial charge in [-0.3, -0.25) is 0 Å². The first-order valence-electron chi connectivity index (χ1n) is 7.03. The molecule has 1 N–H and O–H groups in total. The maximum Gasteiger partial charge on any atom is 0.257 e. The van der Waals surface area contributed by atoms with Crippen molar-refractivity contribution in [3.63, 3.8) is 0 Å². The van der Waals surface area contributed by atoms with Gasteiger partial charge in [0.05, 0.1) is 11.7 Å². The summed E-state index contributed by atoms with van der Waals surface area (Å²) < 4.78 is 5.71. The summed E-state index contributed by atoms with van der Waals surface area (Å²) in [7, 11) is 0. The fourth-order valence-electron chi connectivity index (χ4n) is 2.79. The third-order valence-corrected chi connectivity index (χ3v) is 3.91. The summed E-state index contributed by atoms with van der Waals surface area (Å²) in [6.07, 6.45) is 6.51. The predicted octanol–water partition coefficient (Wildman–Crippen LogP) is 1.61. The van der Waals surface area contributed by atoms with Crippen LogP contribution in [0.4, 0.5) is 5.82 Å². The lowest BCUT2D eigenvalue weighted by molar-refractivity contribution is 0.0400. The summed E-state index contributed by atoms with van der Waals surface area (Å²) in [4.78, 5) is 10.8. The zero-order valence-corrected chi connectivity index (χ0v) is 11.5. The van der Waals surface area contributed by atoms with Gasteiger partial charge < -0.3 is 14.7 Å². The average Bonchev–Trinajstić information content (AvgIpc) is 3.15. The number of nitrogens with zero attached hydrogens (tertiary/aromatic N) is 3. The number of β-amino-alcohol motifs (C(OH)–C–C–N with tert-alkyl or cyclic N) is 1. The van der Waals surface area contributed by atoms with Crippen LogP contribution in [0.15, 0.2) is 12.4 Å². The second-order valence-electron chi connectivity index (χ2n) is 5.90. The van der Waals surface area contributed by atoms with Gasteiger partial charge in [0.2, 0.25) is 0 Å². The van der Waals surface area contributed by atoms with Gasteiger partial charge in [0, 0.05) is 25.5 Å². The normalized spacial score (nSPS) is 27.1. The fourth-order valence-corrected chi connectivity index (χ4v) is 2.79. The van der Waals surface area contributed by atoms with Crippen molar-refractivity contribution < 1.29 is 9.84 Å². The zero-order chi connectivity index (χ0) is 13.5. The summed E-state index contributed by atoms with van der Waals surface area (Å²) in [5, 5.41) is 10.6. The van der Waals surface area contributed by atoms with E-state index in [1.807, 2.05) is 13.8 Å². The Hall–Kier alpha value is -1.36. The Morgan fingerprint density at radius 1 is 1.37 bits per heavy atom. The first kappa shape index (κ1) is 12.7. The molecule has 1 atom stereocenters. The number of hydrogen-bond acceptors (Lipinski definition) is 5. The molecule has 2 aliphatic rings. The molecular formula is C14H21N3O2. The molecular weight excluding hydrogens is 242 g/mol. The van der Waals surface area contributed by atoms with E-state index in [9.17, 15) is 5.11 Å². The monoisotopic (exact) mass is 263 g/mol. The van der Waals surface area contributed by atoms with Gasteiger partial charge in [-0.15, -0.1) is 0 Å². The molecule has 0 spiro atoms. The molecule has 2 fully saturated rings. The molecule has 1 aromatic heterocycles. The van der Waals surface area contributed by atoms with Crippen LogP contribution in [0.5, 0.6) is 5.88 Å². The van der Waals surface area contributed by atoms with Crippen LogP contribution in [0.1, 0.15) is 33.1 Å². The highest BCUT2D eigenvalue weighted by Crippen LogP contribution is 2.45. The molecule has 0 aromatic carbocycles. The summed E-state index contributed by atoms with van der Waals surface area (Å²) in [5.74, 6) is 1.80. The molecule has 3 rings (SSSR count). The second-order valence-corrected chi connectivity index (χ2v) is 5.90. The Bertz CT molecular complexity index is 462. The first-order valence-corrected chi connectivity index (χ1v) is 7.03. The van der Waals surface area contributed by atoms with Gasteiger partial charge in [-0.2, -0.15) is 0 Å². The molecule has 1 saturated heterocycles. The highest BCUT2D eigenvalue weighted by atomic mass is 16.5. The number of aliphatic hydroxyl groups is 1. The van der Waals surface area contributed by atoms with Crippen LogP contribution in [0.25, 0.3) is 0 Å². The van der Waals surface area contributed by atoms with Gasteiger partial charge in [-0.1, -0.05) is 0 Å². The van der Waals surface area contributed by atoms with Crippen molar-refractivity contribution in [3.05, 3.63) is 12.4 Å². The van der Waals surface area contributed by atoms with Crippen molar-refractivity contribution in [1.82, 2.24) is 9.97 Å². The average molecular weight is 263 g/mol. The molecule has 0 amide bonds. The molecule has 104 valence electrons. The van der Waals surface area contributed by atoms with Crippen molar-refractivity contribution in [2.24, 2.45) is 5.92 Å². The van der Waals surface area contributed by atoms with Gasteiger partial charge >= 0.3 is 0 Å². The van der Waals surface area contributed by atoms with Gasteiger partial charge in [0.25, 0.3) is 5.88 Å². The molecule has 0 radical (unpaired) electrons. The van der Waals surface area contributed by atoms with E-state index in [1.165, 1.54) is 0 Å². The molecule has 1 unspecified atom stereocenters. The molecule has 1 aromatic rings. The largest absolute Gasteiger partial charge is 0.472 e. The molecule has 2 heterocycles. The molecule has 1 aliphatic carbocycles. The predicted molar refractivity (Wildman–Crippen MR) is 72.3 cm³/mol. The van der Waals surface area contributed by atoms with E-state index in [1.54, 1.807) is 12.4 Å². The Morgan fingerprint density at radius 2 is 2.11 bits per heavy atom. The molecule has 1 saturated carbocycles. The SMILES string of the molecule is CC(C)Oc1nccnc1N1CCC(O)(C2CC2)C1. The molecule has 0 bridgehead atoms. The van der Waals surface area contributed by atoms with Crippen LogP contribution >= 0.6 is 0 Å². The van der Waals surface area contributed by atoms with Crippen molar-refractivity contribution >= 4 is 5.82 Å². The van der Waals surface area contributed by atoms with E-state index in [0.29, 0.717) is 18.3 Å². The quantitative estimate of drug-likeness (QED) is 0.894. The van der Waals surface area contributed by atoms with Crippen LogP contribution in [0, 0.1) is 5.92 Å². The lowest BCUT2D eigenvalue weighted by atomic mass is 9.97. The maximum atomic E-state index is 10.6. The topological polar surface area (TPSA) is 58.5 Å². The fraction of sp³-hybridized carbons (Fsp3) is 0.714. The highest BCUT2D eigenvalue weighted by Gasteiger charge is 2.48. The Morgan fingerprint density at radius 3 is 2.79 bits per heavy atom. The van der Waals surface area contributed by atoms with E-state index < -0.39 is 5.60 Å². The van der Waals surface area contributed by atoms with E-state index >= 15 is 0 Å². The number of rotatable bonds is 4. The van der Waals surface area contributed by atoms with Crippen molar-refractivity contribution in [2.75, 3.05) is 18.0 Å². The van der Waals surface area contributed by atoms with E-state index in [2.05, 4.69) is 14.9 Å². The van der Waals surface area contributed by atoms with Crippen molar-refractivity contribution in [3.8, 4) is 5.88 Å². The minimum absolute atomic E-state index is 0.0698. The van der Waals surface area contributed by atoms with Crippen LogP contribution in [0.3, 0.4) is 0 Å². The van der Waals surface area contributed by atoms with E-state index in [4.69, 9.17) is 4.74 Å². The maximum absolute atomic E-state index is 10.6. The van der Waals surface area contributed by atoms with Crippen LogP contribution in [0.2, 0.25) is 0 Å². The lowest BCUT2D eigenvalue weighted by Crippen LogP contribution is -2.35. The summed E-state index contributed by atoms with van der Waals surface area (Å²) >= 11 is 0. The number of aromatic nitrogens is 2. The molecule has 1 aliphatic heterocycles. The smallest absolute Gasteiger partial charge is 0.257 e. The first-order chi connectivity index (χ1) is 9.08. The Kier molecular flexibility index (Phi) is 3.09. The van der Waals surface area contributed by atoms with Crippen LogP contribution in [-0.4, -0.2) is 39.9 Å². The Balaban J connectivity index is 1.79. The summed E-state index contributed by atoms with van der Waals surface area (Å²) in [6, 6.07) is 0. The standard InChI is InChI=1S/C14H21N3O2/c1-10(2)19-13-12(15-6-7-16-13)17-8-5-14(18,9-17)11-3-4-11/h6-7,10-11,18H,3-5,8-9H2,1-2H3. The summed E-state index contributed by atoms with van der Waals surface area (Å²) in [6.45, 7) is 5.41. The minimum Gasteiger partial charge on any atom is -0.472 e. The van der Waals surface area contributed by atoms with Gasteiger partial charge in [0.15, 0.2) is 5.82 Å². The number of hydrogen-bond donors (Lipinski definition) is 1. The van der Waals surface area contributed by atoms with E-state index in [0.717, 1.165) is 31.6 Å². The van der Waals surface area contributed by atoms with Crippen LogP contribution in [-0.2, 0) is 0 Å². The summed E-state index contributed by atoms with van der Waals surface area (Å²) in [5.41, 5.74) is -0.535. The third kappa shape index (κ3) is 2.52. The Labute approximate surface area is 113 Å². The van der Waals surface area contributed by atoms with Crippen molar-refractivity contribution in [2.45, 2.75) is 44.8 Å². The minimum atomic E-state index is -0.535. The highest BCUT2D eigenvalue weighted by molar-refractivity contribution is 5.49. The number of anilines is 1. The third-order valence-electron chi connectivity index (χ3n) is 3.91. The second kappa shape index (κ2) is 4.63. The van der Waals surface area contributed by atoms with E-state index in [-0.39, 0.29) is 6.10 Å². The molecule has 5 nitrogen and oxygen atoms in total. The lowest BCUT2D eigenvalue weighted by Gasteiger charge is -2.24. The molecule has 5 heteroatoms. The van der Waals surface area contributed by atoms with Gasteiger partial charge in [-0.05, 0) is 39.0 Å². The molecule has 19 heavy (non-hydrogen) atoms. The number of ether oxygens (including phenoxy) is 1. The van der Waals surface area contributed by atoms with Gasteiger partial charge in [0.1, 0.15) is 0 Å². The van der Waals surface area contributed by atoms with Crippen LogP contribution < -0.4 is 9.64 Å². The zero-order valence-electron chi connectivity index (χ0n) is 11.5. The van der Waals surface area contributed by atoms with Crippen molar-refractivity contribution in [1.29, 1.82) is 0 Å².